The van der Waals surface area contributed by atoms with Crippen molar-refractivity contribution in [2.75, 3.05) is 19.8 Å². The fourth-order valence-electron chi connectivity index (χ4n) is 2.12. The molecule has 1 rings (SSSR count). The Labute approximate surface area is 144 Å². The highest BCUT2D eigenvalue weighted by Gasteiger charge is 2.10. The number of carbonyl (C=O) groups excluding carboxylic acids is 2. The third kappa shape index (κ3) is 8.67. The number of hydrogen-bond donors (Lipinski definition) is 0. The molecule has 1 aromatic rings. The molecule has 0 atom stereocenters. The van der Waals surface area contributed by atoms with E-state index in [0.717, 1.165) is 30.4 Å². The van der Waals surface area contributed by atoms with E-state index >= 15 is 0 Å². The molecule has 0 fully saturated rings. The van der Waals surface area contributed by atoms with E-state index in [2.05, 4.69) is 6.92 Å². The highest BCUT2D eigenvalue weighted by Crippen LogP contribution is 2.19. The van der Waals surface area contributed by atoms with Crippen LogP contribution >= 0.6 is 0 Å². The van der Waals surface area contributed by atoms with Gasteiger partial charge in [0.15, 0.2) is 0 Å². The van der Waals surface area contributed by atoms with Gasteiger partial charge in [-0.05, 0) is 37.5 Å². The first-order valence-electron chi connectivity index (χ1n) is 8.54. The monoisotopic (exact) mass is 336 g/mol. The van der Waals surface area contributed by atoms with Gasteiger partial charge >= 0.3 is 11.9 Å². The Kier molecular flexibility index (Phi) is 9.77. The summed E-state index contributed by atoms with van der Waals surface area (Å²) in [5.74, 6) is -0.473. The molecule has 0 saturated heterocycles. The molecule has 0 bridgehead atoms. The quantitative estimate of drug-likeness (QED) is 0.350. The first-order valence-corrected chi connectivity index (χ1v) is 8.54. The average molecular weight is 336 g/mol. The van der Waals surface area contributed by atoms with E-state index in [4.69, 9.17) is 14.2 Å². The number of carbonyl (C=O) groups is 2. The summed E-state index contributed by atoms with van der Waals surface area (Å²) in [4.78, 5) is 23.2. The van der Waals surface area contributed by atoms with Gasteiger partial charge in [-0.1, -0.05) is 44.7 Å². The Morgan fingerprint density at radius 1 is 0.958 bits per heavy atom. The van der Waals surface area contributed by atoms with Crippen molar-refractivity contribution in [1.29, 1.82) is 0 Å². The normalized spacial score (nSPS) is 10.5. The summed E-state index contributed by atoms with van der Waals surface area (Å²) in [7, 11) is 0. The van der Waals surface area contributed by atoms with Crippen LogP contribution in [0.25, 0.3) is 0 Å². The summed E-state index contributed by atoms with van der Waals surface area (Å²) in [5, 5.41) is 0. The molecular weight excluding hydrogens is 308 g/mol. The number of ether oxygens (including phenoxy) is 3. The molecule has 134 valence electrons. The van der Waals surface area contributed by atoms with E-state index in [-0.39, 0.29) is 13.2 Å². The SMILES string of the molecule is CCCCCCCOC(=O)COCC(=O)Oc1cc(C)ccc1C. The van der Waals surface area contributed by atoms with Crippen LogP contribution in [0.4, 0.5) is 0 Å². The third-order valence-corrected chi connectivity index (χ3v) is 3.52. The number of esters is 2. The van der Waals surface area contributed by atoms with Gasteiger partial charge in [0.1, 0.15) is 19.0 Å². The van der Waals surface area contributed by atoms with Crippen LogP contribution < -0.4 is 4.74 Å². The number of benzene rings is 1. The van der Waals surface area contributed by atoms with Gasteiger partial charge in [0.25, 0.3) is 0 Å². The predicted octanol–water partition coefficient (Wildman–Crippen LogP) is 3.74. The van der Waals surface area contributed by atoms with E-state index in [9.17, 15) is 9.59 Å². The lowest BCUT2D eigenvalue weighted by Crippen LogP contribution is -2.20. The zero-order valence-corrected chi connectivity index (χ0v) is 14.9. The summed E-state index contributed by atoms with van der Waals surface area (Å²) >= 11 is 0. The second kappa shape index (κ2) is 11.6. The first kappa shape index (κ1) is 20.2. The van der Waals surface area contributed by atoms with E-state index in [1.807, 2.05) is 26.0 Å². The van der Waals surface area contributed by atoms with Crippen molar-refractivity contribution in [3.05, 3.63) is 29.3 Å². The molecule has 0 amide bonds. The Hall–Kier alpha value is -1.88. The Morgan fingerprint density at radius 2 is 1.67 bits per heavy atom. The van der Waals surface area contributed by atoms with Crippen molar-refractivity contribution in [3.63, 3.8) is 0 Å². The molecule has 1 aromatic carbocycles. The highest BCUT2D eigenvalue weighted by molar-refractivity contribution is 5.75. The van der Waals surface area contributed by atoms with Gasteiger partial charge in [0, 0.05) is 0 Å². The molecule has 0 radical (unpaired) electrons. The molecule has 0 aliphatic carbocycles. The van der Waals surface area contributed by atoms with Crippen molar-refractivity contribution < 1.29 is 23.8 Å². The lowest BCUT2D eigenvalue weighted by Gasteiger charge is -2.09. The molecule has 0 aromatic heterocycles. The van der Waals surface area contributed by atoms with Gasteiger partial charge in [-0.15, -0.1) is 0 Å². The predicted molar refractivity (Wildman–Crippen MR) is 92.1 cm³/mol. The maximum absolute atomic E-state index is 11.7. The Bertz CT molecular complexity index is 524. The highest BCUT2D eigenvalue weighted by atomic mass is 16.6. The van der Waals surface area contributed by atoms with E-state index < -0.39 is 11.9 Å². The number of aryl methyl sites for hydroxylation is 2. The number of hydrogen-bond acceptors (Lipinski definition) is 5. The van der Waals surface area contributed by atoms with Gasteiger partial charge in [-0.25, -0.2) is 9.59 Å². The van der Waals surface area contributed by atoms with Crippen molar-refractivity contribution >= 4 is 11.9 Å². The second-order valence-corrected chi connectivity index (χ2v) is 5.87. The third-order valence-electron chi connectivity index (χ3n) is 3.52. The van der Waals surface area contributed by atoms with Gasteiger partial charge in [0.2, 0.25) is 0 Å². The average Bonchev–Trinajstić information content (AvgIpc) is 2.54. The lowest BCUT2D eigenvalue weighted by molar-refractivity contribution is -0.152. The van der Waals surface area contributed by atoms with E-state index in [1.165, 1.54) is 12.8 Å². The summed E-state index contributed by atoms with van der Waals surface area (Å²) < 4.78 is 15.3. The van der Waals surface area contributed by atoms with E-state index in [0.29, 0.717) is 12.4 Å². The molecular formula is C19H28O5. The van der Waals surface area contributed by atoms with Crippen molar-refractivity contribution in [1.82, 2.24) is 0 Å². The van der Waals surface area contributed by atoms with Gasteiger partial charge in [-0.3, -0.25) is 0 Å². The largest absolute Gasteiger partial charge is 0.464 e. The maximum Gasteiger partial charge on any atom is 0.337 e. The molecule has 0 aliphatic heterocycles. The summed E-state index contributed by atoms with van der Waals surface area (Å²) in [6.07, 6.45) is 5.48. The molecule has 0 spiro atoms. The molecule has 0 unspecified atom stereocenters. The first-order chi connectivity index (χ1) is 11.5. The molecule has 0 N–H and O–H groups in total. The number of unbranched alkanes of at least 4 members (excludes halogenated alkanes) is 4. The van der Waals surface area contributed by atoms with Gasteiger partial charge < -0.3 is 14.2 Å². The van der Waals surface area contributed by atoms with Crippen molar-refractivity contribution in [2.45, 2.75) is 52.9 Å². The van der Waals surface area contributed by atoms with Crippen LogP contribution in [-0.4, -0.2) is 31.8 Å². The summed E-state index contributed by atoms with van der Waals surface area (Å²) in [6, 6.07) is 5.62. The molecule has 24 heavy (non-hydrogen) atoms. The van der Waals surface area contributed by atoms with Crippen LogP contribution in [0.1, 0.15) is 50.2 Å². The van der Waals surface area contributed by atoms with Gasteiger partial charge in [-0.2, -0.15) is 0 Å². The zero-order valence-electron chi connectivity index (χ0n) is 14.9. The van der Waals surface area contributed by atoms with Crippen molar-refractivity contribution in [3.8, 4) is 5.75 Å². The van der Waals surface area contributed by atoms with Crippen molar-refractivity contribution in [2.24, 2.45) is 0 Å². The van der Waals surface area contributed by atoms with Crippen LogP contribution in [0, 0.1) is 13.8 Å². The van der Waals surface area contributed by atoms with Crippen LogP contribution in [0.15, 0.2) is 18.2 Å². The second-order valence-electron chi connectivity index (χ2n) is 5.87. The fraction of sp³-hybridized carbons (Fsp3) is 0.579. The molecule has 5 nitrogen and oxygen atoms in total. The van der Waals surface area contributed by atoms with E-state index in [1.54, 1.807) is 6.07 Å². The topological polar surface area (TPSA) is 61.8 Å². The minimum Gasteiger partial charge on any atom is -0.464 e. The molecule has 5 heteroatoms. The number of rotatable bonds is 11. The van der Waals surface area contributed by atoms with Crippen LogP contribution in [-0.2, 0) is 19.1 Å². The van der Waals surface area contributed by atoms with Gasteiger partial charge in [0.05, 0.1) is 6.61 Å². The smallest absolute Gasteiger partial charge is 0.337 e. The Balaban J connectivity index is 2.14. The fourth-order valence-corrected chi connectivity index (χ4v) is 2.12. The standard InChI is InChI=1S/C19H28O5/c1-4-5-6-7-8-11-23-18(20)13-22-14-19(21)24-17-12-15(2)9-10-16(17)3/h9-10,12H,4-8,11,13-14H2,1-3H3. The van der Waals surface area contributed by atoms with Crippen LogP contribution in [0.3, 0.4) is 0 Å². The lowest BCUT2D eigenvalue weighted by atomic mass is 10.1. The summed E-state index contributed by atoms with van der Waals surface area (Å²) in [5.41, 5.74) is 1.88. The maximum atomic E-state index is 11.7. The Morgan fingerprint density at radius 3 is 2.42 bits per heavy atom. The minimum atomic E-state index is -0.531. The minimum absolute atomic E-state index is 0.239. The van der Waals surface area contributed by atoms with Crippen LogP contribution in [0.2, 0.25) is 0 Å². The molecule has 0 heterocycles. The van der Waals surface area contributed by atoms with Crippen LogP contribution in [0.5, 0.6) is 5.75 Å². The summed E-state index contributed by atoms with van der Waals surface area (Å²) in [6.45, 7) is 5.82. The molecule has 0 saturated carbocycles. The zero-order chi connectivity index (χ0) is 17.8. The molecule has 0 aliphatic rings.